The van der Waals surface area contributed by atoms with Gasteiger partial charge in [-0.15, -0.1) is 10.2 Å². The van der Waals surface area contributed by atoms with E-state index >= 15 is 0 Å². The number of alkyl halides is 1. The van der Waals surface area contributed by atoms with Crippen molar-refractivity contribution in [1.29, 1.82) is 0 Å². The van der Waals surface area contributed by atoms with Gasteiger partial charge < -0.3 is 9.25 Å². The van der Waals surface area contributed by atoms with Crippen molar-refractivity contribution in [3.63, 3.8) is 0 Å². The maximum Gasteiger partial charge on any atom is 0.356 e. The van der Waals surface area contributed by atoms with Crippen molar-refractivity contribution in [2.75, 3.05) is 5.33 Å². The summed E-state index contributed by atoms with van der Waals surface area (Å²) in [5.74, 6) is 5.07. The van der Waals surface area contributed by atoms with E-state index < -0.39 is 5.97 Å². The minimum absolute atomic E-state index is 0.348. The number of carbonyl (C=O) groups is 1. The Morgan fingerprint density at radius 2 is 2.04 bits per heavy atom. The summed E-state index contributed by atoms with van der Waals surface area (Å²) in [6.07, 6.45) is 3.94. The second-order valence-corrected chi connectivity index (χ2v) is 5.29. The van der Waals surface area contributed by atoms with E-state index in [1.165, 1.54) is 0 Å². The predicted octanol–water partition coefficient (Wildman–Crippen LogP) is 3.51. The average Bonchev–Trinajstić information content (AvgIpc) is 3.05. The summed E-state index contributed by atoms with van der Waals surface area (Å²) in [5.41, 5.74) is 2.98. The standard InChI is InChI=1S/C16H16BrN3O3/c1-3-13(10(2)8-9-17)15-20-19-14(22-15)11-4-6-12(7-5-11)16(21)23-18/h3-8H,9,18H2,1-2H3/b10-8-,13-3+. The third-order valence-corrected chi connectivity index (χ3v) is 3.55. The molecule has 23 heavy (non-hydrogen) atoms. The van der Waals surface area contributed by atoms with Crippen molar-refractivity contribution in [1.82, 2.24) is 10.2 Å². The summed E-state index contributed by atoms with van der Waals surface area (Å²) < 4.78 is 5.73. The van der Waals surface area contributed by atoms with Crippen LogP contribution in [0.3, 0.4) is 0 Å². The molecule has 0 unspecified atom stereocenters. The number of hydrogen-bond acceptors (Lipinski definition) is 6. The molecule has 2 aromatic rings. The van der Waals surface area contributed by atoms with E-state index in [1.54, 1.807) is 24.3 Å². The molecule has 2 N–H and O–H groups in total. The normalized spacial score (nSPS) is 12.3. The number of benzene rings is 1. The van der Waals surface area contributed by atoms with Crippen molar-refractivity contribution >= 4 is 27.5 Å². The molecule has 1 aromatic carbocycles. The number of rotatable bonds is 5. The van der Waals surface area contributed by atoms with Gasteiger partial charge in [-0.1, -0.05) is 28.1 Å². The Balaban J connectivity index is 2.28. The molecule has 0 fully saturated rings. The van der Waals surface area contributed by atoms with Crippen LogP contribution in [0.25, 0.3) is 17.0 Å². The summed E-state index contributed by atoms with van der Waals surface area (Å²) in [4.78, 5) is 15.5. The van der Waals surface area contributed by atoms with Gasteiger partial charge in [0.25, 0.3) is 0 Å². The molecule has 7 heteroatoms. The summed E-state index contributed by atoms with van der Waals surface area (Å²) in [6, 6.07) is 6.56. The Morgan fingerprint density at radius 3 is 2.61 bits per heavy atom. The predicted molar refractivity (Wildman–Crippen MR) is 90.5 cm³/mol. The van der Waals surface area contributed by atoms with Crippen LogP contribution < -0.4 is 5.90 Å². The largest absolute Gasteiger partial charge is 0.416 e. The van der Waals surface area contributed by atoms with Gasteiger partial charge in [0.1, 0.15) is 0 Å². The van der Waals surface area contributed by atoms with Crippen LogP contribution in [-0.2, 0) is 4.84 Å². The highest BCUT2D eigenvalue weighted by atomic mass is 79.9. The van der Waals surface area contributed by atoms with E-state index in [0.29, 0.717) is 22.9 Å². The molecule has 0 bridgehead atoms. The molecule has 0 spiro atoms. The fourth-order valence-corrected chi connectivity index (χ4v) is 2.50. The monoisotopic (exact) mass is 377 g/mol. The summed E-state index contributed by atoms with van der Waals surface area (Å²) >= 11 is 3.37. The van der Waals surface area contributed by atoms with Gasteiger partial charge in [-0.3, -0.25) is 0 Å². The zero-order valence-corrected chi connectivity index (χ0v) is 14.3. The van der Waals surface area contributed by atoms with Crippen LogP contribution >= 0.6 is 15.9 Å². The van der Waals surface area contributed by atoms with Crippen LogP contribution in [0.5, 0.6) is 0 Å². The van der Waals surface area contributed by atoms with Gasteiger partial charge in [-0.05, 0) is 43.7 Å². The molecule has 0 saturated carbocycles. The summed E-state index contributed by atoms with van der Waals surface area (Å²) in [6.45, 7) is 3.89. The first-order valence-corrected chi connectivity index (χ1v) is 7.97. The molecule has 120 valence electrons. The zero-order chi connectivity index (χ0) is 16.8. The van der Waals surface area contributed by atoms with Gasteiger partial charge in [-0.25, -0.2) is 4.79 Å². The van der Waals surface area contributed by atoms with Crippen molar-refractivity contribution in [3.8, 4) is 11.5 Å². The van der Waals surface area contributed by atoms with Crippen LogP contribution in [0.4, 0.5) is 0 Å². The molecule has 2 rings (SSSR count). The van der Waals surface area contributed by atoms with Crippen LogP contribution in [-0.4, -0.2) is 21.5 Å². The highest BCUT2D eigenvalue weighted by molar-refractivity contribution is 9.09. The van der Waals surface area contributed by atoms with Gasteiger partial charge in [0.15, 0.2) is 0 Å². The van der Waals surface area contributed by atoms with E-state index in [2.05, 4.69) is 31.0 Å². The van der Waals surface area contributed by atoms with E-state index in [-0.39, 0.29) is 0 Å². The second-order valence-electron chi connectivity index (χ2n) is 4.64. The van der Waals surface area contributed by atoms with Crippen molar-refractivity contribution in [3.05, 3.63) is 53.4 Å². The van der Waals surface area contributed by atoms with E-state index in [1.807, 2.05) is 26.0 Å². The first-order valence-electron chi connectivity index (χ1n) is 6.85. The lowest BCUT2D eigenvalue weighted by Crippen LogP contribution is -2.09. The molecule has 6 nitrogen and oxygen atoms in total. The number of allylic oxidation sites excluding steroid dienone is 4. The Kier molecular flexibility index (Phi) is 5.84. The lowest BCUT2D eigenvalue weighted by molar-refractivity contribution is 0.0503. The molecule has 0 aliphatic heterocycles. The molecule has 0 aliphatic carbocycles. The van der Waals surface area contributed by atoms with Crippen LogP contribution in [0.1, 0.15) is 30.1 Å². The number of nitrogens with zero attached hydrogens (tertiary/aromatic N) is 2. The fraction of sp³-hybridized carbons (Fsp3) is 0.188. The van der Waals surface area contributed by atoms with Crippen molar-refractivity contribution in [2.45, 2.75) is 13.8 Å². The minimum atomic E-state index is -0.602. The smallest absolute Gasteiger partial charge is 0.356 e. The van der Waals surface area contributed by atoms with E-state index in [4.69, 9.17) is 10.3 Å². The second kappa shape index (κ2) is 7.85. The highest BCUT2D eigenvalue weighted by Crippen LogP contribution is 2.26. The number of aromatic nitrogens is 2. The molecular formula is C16H16BrN3O3. The maximum absolute atomic E-state index is 11.3. The quantitative estimate of drug-likeness (QED) is 0.486. The minimum Gasteiger partial charge on any atom is -0.416 e. The molecule has 0 radical (unpaired) electrons. The Morgan fingerprint density at radius 1 is 1.35 bits per heavy atom. The lowest BCUT2D eigenvalue weighted by atomic mass is 10.1. The third-order valence-electron chi connectivity index (χ3n) is 3.23. The topological polar surface area (TPSA) is 91.2 Å². The third kappa shape index (κ3) is 3.94. The number of hydrogen-bond donors (Lipinski definition) is 1. The first-order chi connectivity index (χ1) is 11.1. The maximum atomic E-state index is 11.3. The molecule has 0 amide bonds. The zero-order valence-electron chi connectivity index (χ0n) is 12.7. The first kappa shape index (κ1) is 17.1. The van der Waals surface area contributed by atoms with Crippen LogP contribution in [0.15, 0.2) is 46.4 Å². The molecule has 1 aromatic heterocycles. The number of nitrogens with two attached hydrogens (primary N) is 1. The van der Waals surface area contributed by atoms with Gasteiger partial charge in [0, 0.05) is 16.5 Å². The van der Waals surface area contributed by atoms with Gasteiger partial charge in [0.2, 0.25) is 11.8 Å². The Hall–Kier alpha value is -2.25. The molecular weight excluding hydrogens is 362 g/mol. The average molecular weight is 378 g/mol. The van der Waals surface area contributed by atoms with E-state index in [9.17, 15) is 4.79 Å². The van der Waals surface area contributed by atoms with Crippen molar-refractivity contribution in [2.24, 2.45) is 5.90 Å². The van der Waals surface area contributed by atoms with Crippen LogP contribution in [0.2, 0.25) is 0 Å². The Labute approximate surface area is 142 Å². The molecule has 0 atom stereocenters. The number of carbonyl (C=O) groups excluding carboxylic acids is 1. The summed E-state index contributed by atoms with van der Waals surface area (Å²) in [5, 5.41) is 8.89. The van der Waals surface area contributed by atoms with Gasteiger partial charge >= 0.3 is 5.97 Å². The van der Waals surface area contributed by atoms with Crippen molar-refractivity contribution < 1.29 is 14.0 Å². The fourth-order valence-electron chi connectivity index (χ4n) is 2.01. The molecule has 1 heterocycles. The molecule has 0 saturated heterocycles. The van der Waals surface area contributed by atoms with Crippen LogP contribution in [0, 0.1) is 0 Å². The van der Waals surface area contributed by atoms with Gasteiger partial charge in [0.05, 0.1) is 5.56 Å². The lowest BCUT2D eigenvalue weighted by Gasteiger charge is -2.02. The number of halogens is 1. The van der Waals surface area contributed by atoms with E-state index in [0.717, 1.165) is 16.5 Å². The highest BCUT2D eigenvalue weighted by Gasteiger charge is 2.14. The molecule has 0 aliphatic rings. The Bertz CT molecular complexity index is 748. The van der Waals surface area contributed by atoms with Gasteiger partial charge in [-0.2, -0.15) is 5.90 Å². The summed E-state index contributed by atoms with van der Waals surface area (Å²) in [7, 11) is 0. The SMILES string of the molecule is C/C=C(\C(C)=C/CBr)c1nnc(-c2ccc(C(=O)ON)cc2)o1.